The van der Waals surface area contributed by atoms with Gasteiger partial charge in [-0.2, -0.15) is 0 Å². The number of rotatable bonds is 6. The molecule has 1 saturated heterocycles. The minimum absolute atomic E-state index is 0.370. The van der Waals surface area contributed by atoms with E-state index in [4.69, 9.17) is 0 Å². The lowest BCUT2D eigenvalue weighted by Crippen LogP contribution is -2.21. The highest BCUT2D eigenvalue weighted by Crippen LogP contribution is 2.31. The smallest absolute Gasteiger partial charge is 0.159 e. The van der Waals surface area contributed by atoms with Crippen LogP contribution in [0.25, 0.3) is 11.1 Å². The van der Waals surface area contributed by atoms with Crippen molar-refractivity contribution in [2.75, 3.05) is 0 Å². The van der Waals surface area contributed by atoms with Crippen LogP contribution in [-0.2, 0) is 6.42 Å². The van der Waals surface area contributed by atoms with E-state index in [0.29, 0.717) is 0 Å². The fourth-order valence-electron chi connectivity index (χ4n) is 4.13. The summed E-state index contributed by atoms with van der Waals surface area (Å²) in [5, 5.41) is 0. The van der Waals surface area contributed by atoms with E-state index in [-0.39, 0.29) is 8.80 Å². The molecule has 1 aliphatic heterocycles. The largest absolute Gasteiger partial charge is 0.204 e. The molecule has 3 rings (SSSR count). The third kappa shape index (κ3) is 5.01. The van der Waals surface area contributed by atoms with Crippen LogP contribution < -0.4 is 0 Å². The van der Waals surface area contributed by atoms with Crippen molar-refractivity contribution in [1.29, 1.82) is 0 Å². The molecule has 0 aromatic heterocycles. The standard InChI is InChI=1S/C22H28F2Si/c1-2-13-25-14-11-18(12-15-25)4-3-17-5-7-19(8-6-17)20-9-10-21(23)22(24)16-20/h5-10,16,18,25H,2-4,11-15H2,1H3/t18-,25-. The first kappa shape index (κ1) is 18.3. The summed E-state index contributed by atoms with van der Waals surface area (Å²) in [6, 6.07) is 17.0. The molecular weight excluding hydrogens is 330 g/mol. The number of benzene rings is 2. The van der Waals surface area contributed by atoms with Crippen molar-refractivity contribution < 1.29 is 8.78 Å². The lowest BCUT2D eigenvalue weighted by molar-refractivity contribution is 0.437. The monoisotopic (exact) mass is 358 g/mol. The first-order valence-corrected chi connectivity index (χ1v) is 12.1. The van der Waals surface area contributed by atoms with E-state index in [0.717, 1.165) is 23.5 Å². The van der Waals surface area contributed by atoms with Crippen LogP contribution in [0.5, 0.6) is 0 Å². The number of hydrogen-bond acceptors (Lipinski definition) is 0. The van der Waals surface area contributed by atoms with E-state index >= 15 is 0 Å². The van der Waals surface area contributed by atoms with Gasteiger partial charge in [-0.25, -0.2) is 8.78 Å². The Morgan fingerprint density at radius 1 is 0.920 bits per heavy atom. The summed E-state index contributed by atoms with van der Waals surface area (Å²) in [5.41, 5.74) is 3.01. The van der Waals surface area contributed by atoms with Gasteiger partial charge in [0.05, 0.1) is 0 Å². The SMILES string of the molecule is CCC[Si@H]1CC[C@H](CCc2ccc(-c3ccc(F)c(F)c3)cc2)CC1. The van der Waals surface area contributed by atoms with Gasteiger partial charge in [0.2, 0.25) is 0 Å². The van der Waals surface area contributed by atoms with Crippen molar-refractivity contribution in [2.45, 2.75) is 57.2 Å². The normalized spacial score (nSPS) is 20.6. The van der Waals surface area contributed by atoms with E-state index in [2.05, 4.69) is 19.1 Å². The zero-order valence-corrected chi connectivity index (χ0v) is 16.3. The van der Waals surface area contributed by atoms with Crippen LogP contribution in [0.15, 0.2) is 42.5 Å². The van der Waals surface area contributed by atoms with Crippen molar-refractivity contribution in [3.05, 3.63) is 59.7 Å². The molecule has 0 radical (unpaired) electrons. The molecule has 1 fully saturated rings. The zero-order valence-electron chi connectivity index (χ0n) is 15.1. The van der Waals surface area contributed by atoms with Crippen LogP contribution in [0.3, 0.4) is 0 Å². The van der Waals surface area contributed by atoms with Crippen LogP contribution in [0, 0.1) is 17.6 Å². The number of aryl methyl sites for hydroxylation is 1. The van der Waals surface area contributed by atoms with Gasteiger partial charge in [0.25, 0.3) is 0 Å². The van der Waals surface area contributed by atoms with Crippen LogP contribution in [0.4, 0.5) is 8.78 Å². The predicted octanol–water partition coefficient (Wildman–Crippen LogP) is 6.61. The molecule has 0 aliphatic carbocycles. The van der Waals surface area contributed by atoms with Gasteiger partial charge in [-0.15, -0.1) is 0 Å². The molecule has 0 amide bonds. The molecule has 3 heteroatoms. The molecule has 0 saturated carbocycles. The average molecular weight is 359 g/mol. The quantitative estimate of drug-likeness (QED) is 0.510. The second-order valence-corrected chi connectivity index (χ2v) is 11.0. The van der Waals surface area contributed by atoms with Gasteiger partial charge in [0.15, 0.2) is 11.6 Å². The number of halogens is 2. The van der Waals surface area contributed by atoms with Crippen molar-refractivity contribution in [3.8, 4) is 11.1 Å². The molecule has 0 atom stereocenters. The highest BCUT2D eigenvalue weighted by atomic mass is 28.3. The number of hydrogen-bond donors (Lipinski definition) is 0. The molecule has 0 bridgehead atoms. The molecule has 0 spiro atoms. The van der Waals surface area contributed by atoms with E-state index < -0.39 is 11.6 Å². The molecular formula is C22H28F2Si. The third-order valence-corrected chi connectivity index (χ3v) is 9.40. The van der Waals surface area contributed by atoms with Crippen molar-refractivity contribution in [3.63, 3.8) is 0 Å². The minimum atomic E-state index is -0.794. The summed E-state index contributed by atoms with van der Waals surface area (Å²) in [5.74, 6) is -0.674. The van der Waals surface area contributed by atoms with Gasteiger partial charge in [0.1, 0.15) is 0 Å². The van der Waals surface area contributed by atoms with Gasteiger partial charge in [-0.1, -0.05) is 74.7 Å². The summed E-state index contributed by atoms with van der Waals surface area (Å²) < 4.78 is 26.4. The maximum Gasteiger partial charge on any atom is 0.159 e. The molecule has 1 heterocycles. The first-order valence-electron chi connectivity index (χ1n) is 9.70. The molecule has 0 N–H and O–H groups in total. The van der Waals surface area contributed by atoms with Crippen LogP contribution in [0.2, 0.25) is 18.1 Å². The van der Waals surface area contributed by atoms with Gasteiger partial charge in [0, 0.05) is 8.80 Å². The Balaban J connectivity index is 1.52. The zero-order chi connectivity index (χ0) is 17.6. The Labute approximate surface area is 151 Å². The predicted molar refractivity (Wildman–Crippen MR) is 105 cm³/mol. The Hall–Kier alpha value is -1.48. The third-order valence-electron chi connectivity index (χ3n) is 5.71. The van der Waals surface area contributed by atoms with Crippen LogP contribution in [-0.4, -0.2) is 8.80 Å². The highest BCUT2D eigenvalue weighted by Gasteiger charge is 2.21. The second-order valence-electron chi connectivity index (χ2n) is 7.54. The summed E-state index contributed by atoms with van der Waals surface area (Å²) >= 11 is 0. The fourth-order valence-corrected chi connectivity index (χ4v) is 7.70. The van der Waals surface area contributed by atoms with E-state index in [1.54, 1.807) is 18.2 Å². The lowest BCUT2D eigenvalue weighted by Gasteiger charge is -2.27. The van der Waals surface area contributed by atoms with Gasteiger partial charge < -0.3 is 0 Å². The Morgan fingerprint density at radius 3 is 2.24 bits per heavy atom. The first-order chi connectivity index (χ1) is 12.2. The topological polar surface area (TPSA) is 0 Å². The Bertz CT molecular complexity index is 673. The van der Waals surface area contributed by atoms with Crippen molar-refractivity contribution in [2.24, 2.45) is 5.92 Å². The van der Waals surface area contributed by atoms with E-state index in [9.17, 15) is 8.78 Å². The molecule has 0 unspecified atom stereocenters. The molecule has 25 heavy (non-hydrogen) atoms. The lowest BCUT2D eigenvalue weighted by atomic mass is 9.93. The average Bonchev–Trinajstić information content (AvgIpc) is 2.64. The second kappa shape index (κ2) is 8.75. The van der Waals surface area contributed by atoms with Gasteiger partial charge in [-0.3, -0.25) is 0 Å². The van der Waals surface area contributed by atoms with Gasteiger partial charge in [-0.05, 0) is 47.6 Å². The molecule has 2 aromatic rings. The van der Waals surface area contributed by atoms with E-state index in [1.165, 1.54) is 49.4 Å². The molecule has 134 valence electrons. The summed E-state index contributed by atoms with van der Waals surface area (Å²) in [6.07, 6.45) is 6.69. The summed E-state index contributed by atoms with van der Waals surface area (Å²) in [6.45, 7) is 2.32. The molecule has 2 aromatic carbocycles. The van der Waals surface area contributed by atoms with Crippen LogP contribution in [0.1, 0.15) is 38.2 Å². The minimum Gasteiger partial charge on any atom is -0.204 e. The van der Waals surface area contributed by atoms with Crippen LogP contribution >= 0.6 is 0 Å². The maximum absolute atomic E-state index is 13.4. The summed E-state index contributed by atoms with van der Waals surface area (Å²) in [7, 11) is -0.370. The van der Waals surface area contributed by atoms with Crippen molar-refractivity contribution >= 4 is 8.80 Å². The molecule has 1 aliphatic rings. The molecule has 0 nitrogen and oxygen atoms in total. The van der Waals surface area contributed by atoms with Gasteiger partial charge >= 0.3 is 0 Å². The Morgan fingerprint density at radius 2 is 1.60 bits per heavy atom. The summed E-state index contributed by atoms with van der Waals surface area (Å²) in [4.78, 5) is 0. The fraction of sp³-hybridized carbons (Fsp3) is 0.455. The van der Waals surface area contributed by atoms with Crippen molar-refractivity contribution in [1.82, 2.24) is 0 Å². The Kier molecular flexibility index (Phi) is 6.41. The maximum atomic E-state index is 13.4. The highest BCUT2D eigenvalue weighted by molar-refractivity contribution is 6.58. The van der Waals surface area contributed by atoms with E-state index in [1.807, 2.05) is 12.1 Å².